The number of halogens is 2. The van der Waals surface area contributed by atoms with Crippen LogP contribution >= 0.6 is 11.6 Å². The molecule has 2 aliphatic rings. The SMILES string of the molecule is CC(CN1CCC(c2ccnc(OCc3ccc(Cl)cc3F)n2)CC1)N(CC1CCO1)c1cc(C(=O)O)ccc1N. The van der Waals surface area contributed by atoms with E-state index in [1.54, 1.807) is 30.5 Å². The van der Waals surface area contributed by atoms with E-state index in [-0.39, 0.29) is 36.2 Å². The van der Waals surface area contributed by atoms with E-state index in [0.29, 0.717) is 22.8 Å². The van der Waals surface area contributed by atoms with E-state index in [4.69, 9.17) is 26.8 Å². The topological polar surface area (TPSA) is 114 Å². The van der Waals surface area contributed by atoms with Crippen molar-refractivity contribution in [2.24, 2.45) is 0 Å². The molecule has 0 spiro atoms. The average molecular weight is 584 g/mol. The van der Waals surface area contributed by atoms with Crippen molar-refractivity contribution in [3.05, 3.63) is 76.3 Å². The molecule has 3 heterocycles. The highest BCUT2D eigenvalue weighted by molar-refractivity contribution is 6.30. The standard InChI is InChI=1S/C30H35ClFN5O4/c1-19(37(17-24-9-13-40-24)28-14-21(29(38)39)3-5-26(28)33)16-36-11-7-20(8-12-36)27-6-10-34-30(35-27)41-18-22-2-4-23(31)15-25(22)32/h2-6,10,14-15,19-20,24H,7-9,11-13,16-18,33H2,1H3,(H,38,39). The van der Waals surface area contributed by atoms with Crippen LogP contribution in [0, 0.1) is 5.82 Å². The van der Waals surface area contributed by atoms with Crippen LogP contribution in [0.3, 0.4) is 0 Å². The van der Waals surface area contributed by atoms with Gasteiger partial charge in [0.15, 0.2) is 0 Å². The molecule has 0 saturated carbocycles. The van der Waals surface area contributed by atoms with Crippen LogP contribution in [0.2, 0.25) is 5.02 Å². The van der Waals surface area contributed by atoms with Gasteiger partial charge in [0, 0.05) is 48.4 Å². The third-order valence-corrected chi connectivity index (χ3v) is 8.10. The van der Waals surface area contributed by atoms with Crippen LogP contribution in [0.5, 0.6) is 6.01 Å². The normalized spacial score (nSPS) is 18.5. The summed E-state index contributed by atoms with van der Waals surface area (Å²) in [6.45, 7) is 6.17. The first-order valence-corrected chi connectivity index (χ1v) is 14.3. The fourth-order valence-corrected chi connectivity index (χ4v) is 5.56. The number of benzene rings is 2. The molecule has 2 aromatic carbocycles. The van der Waals surface area contributed by atoms with E-state index in [2.05, 4.69) is 26.7 Å². The van der Waals surface area contributed by atoms with Gasteiger partial charge in [0.2, 0.25) is 0 Å². The lowest BCUT2D eigenvalue weighted by atomic mass is 9.93. The van der Waals surface area contributed by atoms with Crippen LogP contribution < -0.4 is 15.4 Å². The molecule has 2 fully saturated rings. The number of hydrogen-bond donors (Lipinski definition) is 2. The molecule has 2 saturated heterocycles. The third kappa shape index (κ3) is 7.25. The Hall–Kier alpha value is -3.47. The summed E-state index contributed by atoms with van der Waals surface area (Å²) in [5, 5.41) is 9.87. The first kappa shape index (κ1) is 29.0. The van der Waals surface area contributed by atoms with Gasteiger partial charge < -0.3 is 30.1 Å². The second-order valence-electron chi connectivity index (χ2n) is 10.7. The van der Waals surface area contributed by atoms with Crippen molar-refractivity contribution >= 4 is 28.9 Å². The molecule has 11 heteroatoms. The second kappa shape index (κ2) is 13.0. The minimum Gasteiger partial charge on any atom is -0.478 e. The Morgan fingerprint density at radius 3 is 2.71 bits per heavy atom. The van der Waals surface area contributed by atoms with Gasteiger partial charge in [-0.3, -0.25) is 0 Å². The smallest absolute Gasteiger partial charge is 0.335 e. The number of aromatic nitrogens is 2. The van der Waals surface area contributed by atoms with Gasteiger partial charge in [-0.15, -0.1) is 0 Å². The van der Waals surface area contributed by atoms with Gasteiger partial charge in [0.05, 0.1) is 28.7 Å². The van der Waals surface area contributed by atoms with Crippen molar-refractivity contribution in [1.29, 1.82) is 0 Å². The molecule has 3 aromatic rings. The molecule has 9 nitrogen and oxygen atoms in total. The van der Waals surface area contributed by atoms with Gasteiger partial charge in [0.1, 0.15) is 12.4 Å². The van der Waals surface area contributed by atoms with Crippen molar-refractivity contribution in [3.63, 3.8) is 0 Å². The maximum Gasteiger partial charge on any atom is 0.335 e. The molecular weight excluding hydrogens is 549 g/mol. The Labute approximate surface area is 244 Å². The zero-order valence-corrected chi connectivity index (χ0v) is 23.8. The number of aromatic carboxylic acids is 1. The third-order valence-electron chi connectivity index (χ3n) is 7.87. The van der Waals surface area contributed by atoms with Crippen LogP contribution in [-0.2, 0) is 11.3 Å². The number of likely N-dealkylation sites (tertiary alicyclic amines) is 1. The summed E-state index contributed by atoms with van der Waals surface area (Å²) in [5.74, 6) is -1.14. The summed E-state index contributed by atoms with van der Waals surface area (Å²) < 4.78 is 25.5. The van der Waals surface area contributed by atoms with E-state index >= 15 is 0 Å². The summed E-state index contributed by atoms with van der Waals surface area (Å²) in [6, 6.07) is 11.6. The maximum atomic E-state index is 14.1. The zero-order chi connectivity index (χ0) is 28.9. The molecule has 0 aliphatic carbocycles. The molecule has 41 heavy (non-hydrogen) atoms. The summed E-state index contributed by atoms with van der Waals surface area (Å²) in [4.78, 5) is 25.1. The van der Waals surface area contributed by atoms with Crippen LogP contribution in [0.4, 0.5) is 15.8 Å². The number of piperidine rings is 1. The van der Waals surface area contributed by atoms with Crippen LogP contribution in [-0.4, -0.2) is 70.9 Å². The number of nitrogens with two attached hydrogens (primary N) is 1. The predicted octanol–water partition coefficient (Wildman–Crippen LogP) is 4.99. The number of rotatable bonds is 11. The first-order valence-electron chi connectivity index (χ1n) is 13.9. The Kier molecular flexibility index (Phi) is 9.22. The lowest BCUT2D eigenvalue weighted by molar-refractivity contribution is -0.0455. The zero-order valence-electron chi connectivity index (χ0n) is 23.0. The van der Waals surface area contributed by atoms with E-state index in [1.807, 2.05) is 6.07 Å². The number of nitrogens with zero attached hydrogens (tertiary/aromatic N) is 4. The van der Waals surface area contributed by atoms with Gasteiger partial charge >= 0.3 is 12.0 Å². The minimum atomic E-state index is -0.976. The van der Waals surface area contributed by atoms with Gasteiger partial charge in [-0.1, -0.05) is 17.7 Å². The van der Waals surface area contributed by atoms with Crippen molar-refractivity contribution in [1.82, 2.24) is 14.9 Å². The summed E-state index contributed by atoms with van der Waals surface area (Å²) in [6.07, 6.45) is 4.63. The molecule has 0 amide bonds. The number of hydrogen-bond acceptors (Lipinski definition) is 8. The molecule has 5 rings (SSSR count). The maximum absolute atomic E-state index is 14.1. The average Bonchev–Trinajstić information content (AvgIpc) is 2.93. The van der Waals surface area contributed by atoms with Gasteiger partial charge in [-0.2, -0.15) is 4.98 Å². The van der Waals surface area contributed by atoms with Crippen molar-refractivity contribution in [3.8, 4) is 6.01 Å². The molecular formula is C30H35ClFN5O4. The second-order valence-corrected chi connectivity index (χ2v) is 11.2. The van der Waals surface area contributed by atoms with E-state index in [9.17, 15) is 14.3 Å². The fraction of sp³-hybridized carbons (Fsp3) is 0.433. The molecule has 218 valence electrons. The lowest BCUT2D eigenvalue weighted by Gasteiger charge is -2.41. The molecule has 1 aromatic heterocycles. The molecule has 2 aliphatic heterocycles. The quantitative estimate of drug-likeness (QED) is 0.301. The number of carboxylic acids is 1. The van der Waals surface area contributed by atoms with Crippen molar-refractivity contribution < 1.29 is 23.8 Å². The molecule has 3 N–H and O–H groups in total. The highest BCUT2D eigenvalue weighted by Crippen LogP contribution is 2.31. The molecule has 0 bridgehead atoms. The monoisotopic (exact) mass is 583 g/mol. The van der Waals surface area contributed by atoms with Crippen LogP contribution in [0.1, 0.15) is 53.7 Å². The van der Waals surface area contributed by atoms with Gasteiger partial charge in [-0.25, -0.2) is 14.2 Å². The molecule has 0 radical (unpaired) electrons. The molecule has 2 unspecified atom stereocenters. The largest absolute Gasteiger partial charge is 0.478 e. The Bertz CT molecular complexity index is 1370. The highest BCUT2D eigenvalue weighted by atomic mass is 35.5. The number of carboxylic acid groups (broad SMARTS) is 1. The highest BCUT2D eigenvalue weighted by Gasteiger charge is 2.29. The van der Waals surface area contributed by atoms with Crippen molar-refractivity contribution in [2.45, 2.75) is 50.9 Å². The van der Waals surface area contributed by atoms with Crippen LogP contribution in [0.15, 0.2) is 48.7 Å². The Balaban J connectivity index is 1.19. The number of nitrogen functional groups attached to an aromatic ring is 1. The number of anilines is 2. The Morgan fingerprint density at radius 1 is 1.24 bits per heavy atom. The number of carbonyl (C=O) groups is 1. The fourth-order valence-electron chi connectivity index (χ4n) is 5.40. The Morgan fingerprint density at radius 2 is 2.02 bits per heavy atom. The summed E-state index contributed by atoms with van der Waals surface area (Å²) >= 11 is 5.83. The van der Waals surface area contributed by atoms with E-state index < -0.39 is 11.8 Å². The van der Waals surface area contributed by atoms with E-state index in [1.165, 1.54) is 12.1 Å². The van der Waals surface area contributed by atoms with E-state index in [0.717, 1.165) is 56.9 Å². The summed E-state index contributed by atoms with van der Waals surface area (Å²) in [5.41, 5.74) is 9.13. The van der Waals surface area contributed by atoms with Crippen LogP contribution in [0.25, 0.3) is 0 Å². The minimum absolute atomic E-state index is 0.0189. The number of ether oxygens (including phenoxy) is 2. The van der Waals surface area contributed by atoms with Gasteiger partial charge in [-0.05, 0) is 75.7 Å². The first-order chi connectivity index (χ1) is 19.8. The molecule has 2 atom stereocenters. The predicted molar refractivity (Wildman–Crippen MR) is 155 cm³/mol. The van der Waals surface area contributed by atoms with Crippen molar-refractivity contribution in [2.75, 3.05) is 43.4 Å². The summed E-state index contributed by atoms with van der Waals surface area (Å²) in [7, 11) is 0. The lowest BCUT2D eigenvalue weighted by Crippen LogP contribution is -2.49. The van der Waals surface area contributed by atoms with Gasteiger partial charge in [0.25, 0.3) is 0 Å².